The van der Waals surface area contributed by atoms with Gasteiger partial charge in [0, 0.05) is 19.9 Å². The van der Waals surface area contributed by atoms with Gasteiger partial charge in [-0.25, -0.2) is 4.39 Å². The van der Waals surface area contributed by atoms with E-state index in [9.17, 15) is 14.0 Å². The maximum absolute atomic E-state index is 13.8. The maximum Gasteiger partial charge on any atom is 0.308 e. The molecule has 0 aliphatic heterocycles. The van der Waals surface area contributed by atoms with Crippen molar-refractivity contribution in [2.75, 3.05) is 5.32 Å². The number of ether oxygens (including phenoxy) is 2. The highest BCUT2D eigenvalue weighted by Crippen LogP contribution is 2.37. The second-order valence-electron chi connectivity index (χ2n) is 4.59. The molecule has 1 amide bonds. The molecular weight excluding hydrogens is 325 g/mol. The molecule has 5 nitrogen and oxygen atoms in total. The van der Waals surface area contributed by atoms with Gasteiger partial charge in [0.15, 0.2) is 11.5 Å². The van der Waals surface area contributed by atoms with E-state index in [1.807, 2.05) is 0 Å². The summed E-state index contributed by atoms with van der Waals surface area (Å²) in [6.45, 7) is 2.51. The highest BCUT2D eigenvalue weighted by Gasteiger charge is 2.14. The van der Waals surface area contributed by atoms with Gasteiger partial charge in [0.1, 0.15) is 11.6 Å². The third-order valence-electron chi connectivity index (χ3n) is 2.66. The summed E-state index contributed by atoms with van der Waals surface area (Å²) in [5.41, 5.74) is -0.0677. The number of benzene rings is 2. The molecule has 0 fully saturated rings. The number of nitrogens with one attached hydrogen (secondary N) is 1. The van der Waals surface area contributed by atoms with Crippen molar-refractivity contribution in [1.82, 2.24) is 0 Å². The van der Waals surface area contributed by atoms with Crippen LogP contribution in [0.2, 0.25) is 5.02 Å². The molecule has 0 radical (unpaired) electrons. The van der Waals surface area contributed by atoms with Crippen LogP contribution in [0, 0.1) is 5.82 Å². The van der Waals surface area contributed by atoms with Gasteiger partial charge in [-0.15, -0.1) is 0 Å². The molecule has 0 aliphatic carbocycles. The maximum atomic E-state index is 13.8. The van der Waals surface area contributed by atoms with E-state index < -0.39 is 17.7 Å². The SMILES string of the molecule is CC(=O)Nc1cc(Oc2ccccc2OC(C)=O)c(Cl)cc1F. The van der Waals surface area contributed by atoms with Crippen LogP contribution in [-0.2, 0) is 9.59 Å². The quantitative estimate of drug-likeness (QED) is 0.672. The number of carbonyl (C=O) groups excluding carboxylic acids is 2. The molecule has 2 rings (SSSR count). The van der Waals surface area contributed by atoms with E-state index in [0.29, 0.717) is 0 Å². The first-order chi connectivity index (χ1) is 10.9. The van der Waals surface area contributed by atoms with E-state index in [1.165, 1.54) is 19.9 Å². The number of carbonyl (C=O) groups is 2. The summed E-state index contributed by atoms with van der Waals surface area (Å²) < 4.78 is 24.4. The van der Waals surface area contributed by atoms with E-state index >= 15 is 0 Å². The van der Waals surface area contributed by atoms with Crippen LogP contribution in [0.5, 0.6) is 17.2 Å². The number of esters is 1. The Kier molecular flexibility index (Phi) is 5.18. The highest BCUT2D eigenvalue weighted by atomic mass is 35.5. The van der Waals surface area contributed by atoms with Crippen molar-refractivity contribution in [3.8, 4) is 17.2 Å². The Bertz CT molecular complexity index is 764. The Balaban J connectivity index is 2.37. The molecule has 7 heteroatoms. The fraction of sp³-hybridized carbons (Fsp3) is 0.125. The lowest BCUT2D eigenvalue weighted by molar-refractivity contribution is -0.132. The summed E-state index contributed by atoms with van der Waals surface area (Å²) in [6.07, 6.45) is 0. The summed E-state index contributed by atoms with van der Waals surface area (Å²) in [6, 6.07) is 8.73. The first-order valence-corrected chi connectivity index (χ1v) is 6.96. The molecule has 2 aromatic carbocycles. The lowest BCUT2D eigenvalue weighted by Crippen LogP contribution is -2.08. The van der Waals surface area contributed by atoms with Gasteiger partial charge < -0.3 is 14.8 Å². The third kappa shape index (κ3) is 4.43. The summed E-state index contributed by atoms with van der Waals surface area (Å²) >= 11 is 5.96. The molecule has 1 N–H and O–H groups in total. The number of rotatable bonds is 4. The fourth-order valence-electron chi connectivity index (χ4n) is 1.78. The monoisotopic (exact) mass is 337 g/mol. The lowest BCUT2D eigenvalue weighted by Gasteiger charge is -2.13. The molecule has 0 spiro atoms. The largest absolute Gasteiger partial charge is 0.452 e. The molecule has 0 aromatic heterocycles. The van der Waals surface area contributed by atoms with Gasteiger partial charge in [-0.1, -0.05) is 23.7 Å². The Morgan fingerprint density at radius 2 is 1.74 bits per heavy atom. The van der Waals surface area contributed by atoms with Crippen LogP contribution < -0.4 is 14.8 Å². The van der Waals surface area contributed by atoms with Gasteiger partial charge in [-0.3, -0.25) is 9.59 Å². The Morgan fingerprint density at radius 3 is 2.35 bits per heavy atom. The average molecular weight is 338 g/mol. The molecule has 0 aliphatic rings. The number of anilines is 1. The Labute approximate surface area is 137 Å². The van der Waals surface area contributed by atoms with Gasteiger partial charge in [0.2, 0.25) is 5.91 Å². The first kappa shape index (κ1) is 16.8. The van der Waals surface area contributed by atoms with E-state index in [2.05, 4.69) is 5.32 Å². The van der Waals surface area contributed by atoms with Crippen molar-refractivity contribution in [3.05, 3.63) is 47.2 Å². The summed E-state index contributed by atoms with van der Waals surface area (Å²) in [4.78, 5) is 22.2. The topological polar surface area (TPSA) is 64.6 Å². The van der Waals surface area contributed by atoms with E-state index in [-0.39, 0.29) is 28.0 Å². The van der Waals surface area contributed by atoms with Crippen molar-refractivity contribution < 1.29 is 23.5 Å². The zero-order valence-electron chi connectivity index (χ0n) is 12.4. The van der Waals surface area contributed by atoms with E-state index in [1.54, 1.807) is 24.3 Å². The molecule has 2 aromatic rings. The van der Waals surface area contributed by atoms with Crippen LogP contribution in [0.4, 0.5) is 10.1 Å². The van der Waals surface area contributed by atoms with Crippen LogP contribution in [0.3, 0.4) is 0 Å². The van der Waals surface area contributed by atoms with Gasteiger partial charge in [-0.05, 0) is 18.2 Å². The van der Waals surface area contributed by atoms with Crippen LogP contribution in [-0.4, -0.2) is 11.9 Å². The summed E-state index contributed by atoms with van der Waals surface area (Å²) in [5, 5.41) is 2.34. The minimum atomic E-state index is -0.689. The number of hydrogen-bond donors (Lipinski definition) is 1. The fourth-order valence-corrected chi connectivity index (χ4v) is 1.97. The molecule has 0 atom stereocenters. The second kappa shape index (κ2) is 7.11. The Morgan fingerprint density at radius 1 is 1.09 bits per heavy atom. The van der Waals surface area contributed by atoms with Crippen molar-refractivity contribution in [3.63, 3.8) is 0 Å². The highest BCUT2D eigenvalue weighted by molar-refractivity contribution is 6.32. The normalized spacial score (nSPS) is 10.1. The predicted octanol–water partition coefficient (Wildman–Crippen LogP) is 4.16. The van der Waals surface area contributed by atoms with Crippen molar-refractivity contribution in [1.29, 1.82) is 0 Å². The molecule has 0 unspecified atom stereocenters. The first-order valence-electron chi connectivity index (χ1n) is 6.58. The minimum Gasteiger partial charge on any atom is -0.452 e. The zero-order chi connectivity index (χ0) is 17.0. The van der Waals surface area contributed by atoms with Crippen LogP contribution in [0.1, 0.15) is 13.8 Å². The number of para-hydroxylation sites is 2. The molecular formula is C16H13ClFNO4. The average Bonchev–Trinajstić information content (AvgIpc) is 2.45. The molecule has 0 heterocycles. The molecule has 0 saturated carbocycles. The second-order valence-corrected chi connectivity index (χ2v) is 4.99. The number of hydrogen-bond acceptors (Lipinski definition) is 4. The van der Waals surface area contributed by atoms with Crippen molar-refractivity contribution in [2.24, 2.45) is 0 Å². The summed E-state index contributed by atoms with van der Waals surface area (Å²) in [7, 11) is 0. The smallest absolute Gasteiger partial charge is 0.308 e. The molecule has 0 bridgehead atoms. The van der Waals surface area contributed by atoms with Crippen LogP contribution in [0.25, 0.3) is 0 Å². The standard InChI is InChI=1S/C16H13ClFNO4/c1-9(20)19-13-8-16(11(17)7-12(13)18)23-15-6-4-3-5-14(15)22-10(2)21/h3-8H,1-2H3,(H,19,20). The minimum absolute atomic E-state index is 0.00855. The lowest BCUT2D eigenvalue weighted by atomic mass is 10.2. The van der Waals surface area contributed by atoms with Gasteiger partial charge >= 0.3 is 5.97 Å². The van der Waals surface area contributed by atoms with Crippen molar-refractivity contribution >= 4 is 29.2 Å². The van der Waals surface area contributed by atoms with Gasteiger partial charge in [-0.2, -0.15) is 0 Å². The van der Waals surface area contributed by atoms with Crippen LogP contribution >= 0.6 is 11.6 Å². The Hall–Kier alpha value is -2.60. The molecule has 23 heavy (non-hydrogen) atoms. The molecule has 120 valence electrons. The van der Waals surface area contributed by atoms with E-state index in [0.717, 1.165) is 6.07 Å². The van der Waals surface area contributed by atoms with Gasteiger partial charge in [0.05, 0.1) is 10.7 Å². The van der Waals surface area contributed by atoms with E-state index in [4.69, 9.17) is 21.1 Å². The number of halogens is 2. The predicted molar refractivity (Wildman–Crippen MR) is 83.5 cm³/mol. The van der Waals surface area contributed by atoms with Crippen LogP contribution in [0.15, 0.2) is 36.4 Å². The zero-order valence-corrected chi connectivity index (χ0v) is 13.1. The van der Waals surface area contributed by atoms with Gasteiger partial charge in [0.25, 0.3) is 0 Å². The number of amides is 1. The third-order valence-corrected chi connectivity index (χ3v) is 2.95. The summed E-state index contributed by atoms with van der Waals surface area (Å²) in [5.74, 6) is -1.10. The molecule has 0 saturated heterocycles. The van der Waals surface area contributed by atoms with Crippen molar-refractivity contribution in [2.45, 2.75) is 13.8 Å².